The molecule has 0 atom stereocenters. The number of phenols is 1. The SMILES string of the molecule is COc1cc(/C=C/C(N)=O)ccc1O.Cl. The van der Waals surface area contributed by atoms with Crippen LogP contribution in [0.3, 0.4) is 0 Å². The number of hydrogen-bond acceptors (Lipinski definition) is 3. The molecule has 0 aliphatic rings. The van der Waals surface area contributed by atoms with Crippen molar-refractivity contribution in [2.24, 2.45) is 5.73 Å². The van der Waals surface area contributed by atoms with E-state index in [2.05, 4.69) is 0 Å². The number of methoxy groups -OCH3 is 1. The van der Waals surface area contributed by atoms with Crippen molar-refractivity contribution in [3.8, 4) is 11.5 Å². The van der Waals surface area contributed by atoms with E-state index in [0.29, 0.717) is 5.75 Å². The van der Waals surface area contributed by atoms with Crippen molar-refractivity contribution in [2.45, 2.75) is 0 Å². The Morgan fingerprint density at radius 1 is 1.53 bits per heavy atom. The summed E-state index contributed by atoms with van der Waals surface area (Å²) in [5.41, 5.74) is 5.67. The van der Waals surface area contributed by atoms with Crippen molar-refractivity contribution in [3.05, 3.63) is 29.8 Å². The second kappa shape index (κ2) is 5.93. The minimum Gasteiger partial charge on any atom is -0.504 e. The summed E-state index contributed by atoms with van der Waals surface area (Å²) in [6, 6.07) is 4.74. The van der Waals surface area contributed by atoms with E-state index >= 15 is 0 Å². The average molecular weight is 230 g/mol. The smallest absolute Gasteiger partial charge is 0.241 e. The second-order valence-corrected chi connectivity index (χ2v) is 2.67. The summed E-state index contributed by atoms with van der Waals surface area (Å²) in [7, 11) is 1.45. The van der Waals surface area contributed by atoms with Gasteiger partial charge < -0.3 is 15.6 Å². The number of carbonyl (C=O) groups excluding carboxylic acids is 1. The largest absolute Gasteiger partial charge is 0.504 e. The predicted molar refractivity (Wildman–Crippen MR) is 60.1 cm³/mol. The number of ether oxygens (including phenoxy) is 1. The fourth-order valence-corrected chi connectivity index (χ4v) is 0.976. The Labute approximate surface area is 93.8 Å². The van der Waals surface area contributed by atoms with Crippen molar-refractivity contribution in [1.29, 1.82) is 0 Å². The molecule has 15 heavy (non-hydrogen) atoms. The number of amides is 1. The van der Waals surface area contributed by atoms with Gasteiger partial charge in [0.15, 0.2) is 11.5 Å². The van der Waals surface area contributed by atoms with Gasteiger partial charge >= 0.3 is 0 Å². The van der Waals surface area contributed by atoms with Crippen molar-refractivity contribution in [2.75, 3.05) is 7.11 Å². The van der Waals surface area contributed by atoms with E-state index in [1.165, 1.54) is 19.3 Å². The zero-order valence-corrected chi connectivity index (χ0v) is 8.95. The lowest BCUT2D eigenvalue weighted by atomic mass is 10.2. The van der Waals surface area contributed by atoms with Crippen LogP contribution in [0.5, 0.6) is 11.5 Å². The first-order valence-corrected chi connectivity index (χ1v) is 3.98. The van der Waals surface area contributed by atoms with Crippen LogP contribution < -0.4 is 10.5 Å². The van der Waals surface area contributed by atoms with Gasteiger partial charge in [-0.2, -0.15) is 0 Å². The van der Waals surface area contributed by atoms with Crippen LogP contribution in [0.15, 0.2) is 24.3 Å². The Bertz CT molecular complexity index is 377. The molecule has 0 fully saturated rings. The van der Waals surface area contributed by atoms with Crippen LogP contribution in [0.2, 0.25) is 0 Å². The highest BCUT2D eigenvalue weighted by Gasteiger charge is 2.00. The highest BCUT2D eigenvalue weighted by Crippen LogP contribution is 2.26. The van der Waals surface area contributed by atoms with E-state index in [4.69, 9.17) is 10.5 Å². The molecule has 4 nitrogen and oxygen atoms in total. The molecule has 0 bridgehead atoms. The number of carbonyl (C=O) groups is 1. The molecular formula is C10H12ClNO3. The van der Waals surface area contributed by atoms with E-state index in [9.17, 15) is 9.90 Å². The first kappa shape index (κ1) is 13.3. The molecule has 5 heteroatoms. The van der Waals surface area contributed by atoms with Gasteiger partial charge in [0, 0.05) is 6.08 Å². The lowest BCUT2D eigenvalue weighted by Gasteiger charge is -2.03. The Balaban J connectivity index is 0.00000196. The van der Waals surface area contributed by atoms with Gasteiger partial charge in [0.1, 0.15) is 0 Å². The van der Waals surface area contributed by atoms with Crippen LogP contribution in [-0.2, 0) is 4.79 Å². The van der Waals surface area contributed by atoms with Crippen molar-refractivity contribution >= 4 is 24.4 Å². The molecule has 1 aromatic carbocycles. The molecule has 0 spiro atoms. The van der Waals surface area contributed by atoms with Gasteiger partial charge in [-0.05, 0) is 23.8 Å². The van der Waals surface area contributed by atoms with E-state index in [0.717, 1.165) is 5.56 Å². The van der Waals surface area contributed by atoms with Crippen LogP contribution in [0.25, 0.3) is 6.08 Å². The van der Waals surface area contributed by atoms with Gasteiger partial charge in [-0.3, -0.25) is 4.79 Å². The van der Waals surface area contributed by atoms with Crippen LogP contribution in [0.1, 0.15) is 5.56 Å². The van der Waals surface area contributed by atoms with Gasteiger partial charge in [0.25, 0.3) is 0 Å². The molecule has 0 radical (unpaired) electrons. The fourth-order valence-electron chi connectivity index (χ4n) is 0.976. The van der Waals surface area contributed by atoms with E-state index in [1.807, 2.05) is 0 Å². The van der Waals surface area contributed by atoms with E-state index in [1.54, 1.807) is 18.2 Å². The molecular weight excluding hydrogens is 218 g/mol. The normalized spacial score (nSPS) is 9.67. The lowest BCUT2D eigenvalue weighted by Crippen LogP contribution is -2.05. The summed E-state index contributed by atoms with van der Waals surface area (Å²) >= 11 is 0. The highest BCUT2D eigenvalue weighted by molar-refractivity contribution is 5.90. The first-order chi connectivity index (χ1) is 6.63. The van der Waals surface area contributed by atoms with Crippen molar-refractivity contribution in [3.63, 3.8) is 0 Å². The second-order valence-electron chi connectivity index (χ2n) is 2.67. The molecule has 0 unspecified atom stereocenters. The molecule has 0 heterocycles. The molecule has 1 amide bonds. The van der Waals surface area contributed by atoms with Gasteiger partial charge in [0.05, 0.1) is 7.11 Å². The molecule has 0 aliphatic heterocycles. The standard InChI is InChI=1S/C10H11NO3.ClH/c1-14-9-6-7(2-4-8(9)12)3-5-10(11)13;/h2-6,12H,1H3,(H2,11,13);1H/b5-3+;. The maximum atomic E-state index is 10.4. The van der Waals surface area contributed by atoms with E-state index in [-0.39, 0.29) is 18.2 Å². The summed E-state index contributed by atoms with van der Waals surface area (Å²) in [5.74, 6) is -0.0996. The molecule has 1 rings (SSSR count). The summed E-state index contributed by atoms with van der Waals surface area (Å²) in [4.78, 5) is 10.4. The number of halogens is 1. The zero-order valence-electron chi connectivity index (χ0n) is 8.14. The number of nitrogens with two attached hydrogens (primary N) is 1. The molecule has 0 saturated carbocycles. The van der Waals surface area contributed by atoms with Gasteiger partial charge in [-0.25, -0.2) is 0 Å². The summed E-state index contributed by atoms with van der Waals surface area (Å²) < 4.78 is 4.89. The third-order valence-corrected chi connectivity index (χ3v) is 1.64. The third-order valence-electron chi connectivity index (χ3n) is 1.64. The predicted octanol–water partition coefficient (Wildman–Crippen LogP) is 1.32. The monoisotopic (exact) mass is 229 g/mol. The molecule has 0 aliphatic carbocycles. The number of primary amides is 1. The number of aromatic hydroxyl groups is 1. The average Bonchev–Trinajstić information content (AvgIpc) is 2.16. The number of rotatable bonds is 3. The number of hydrogen-bond donors (Lipinski definition) is 2. The van der Waals surface area contributed by atoms with Gasteiger partial charge in [0.2, 0.25) is 5.91 Å². The first-order valence-electron chi connectivity index (χ1n) is 3.98. The highest BCUT2D eigenvalue weighted by atomic mass is 35.5. The molecule has 3 N–H and O–H groups in total. The van der Waals surface area contributed by atoms with Crippen LogP contribution in [0.4, 0.5) is 0 Å². The molecule has 0 aromatic heterocycles. The summed E-state index contributed by atoms with van der Waals surface area (Å²) in [6.07, 6.45) is 2.79. The molecule has 82 valence electrons. The lowest BCUT2D eigenvalue weighted by molar-refractivity contribution is -0.113. The van der Waals surface area contributed by atoms with E-state index < -0.39 is 5.91 Å². The van der Waals surface area contributed by atoms with Crippen molar-refractivity contribution < 1.29 is 14.6 Å². The Kier molecular flexibility index (Phi) is 5.26. The minimum absolute atomic E-state index is 0. The van der Waals surface area contributed by atoms with Crippen molar-refractivity contribution in [1.82, 2.24) is 0 Å². The number of benzene rings is 1. The number of phenolic OH excluding ortho intramolecular Hbond substituents is 1. The van der Waals surface area contributed by atoms with Crippen LogP contribution in [-0.4, -0.2) is 18.1 Å². The minimum atomic E-state index is -0.517. The van der Waals surface area contributed by atoms with Crippen LogP contribution >= 0.6 is 12.4 Å². The molecule has 0 saturated heterocycles. The fraction of sp³-hybridized carbons (Fsp3) is 0.100. The summed E-state index contributed by atoms with van der Waals surface area (Å²) in [6.45, 7) is 0. The maximum Gasteiger partial charge on any atom is 0.241 e. The Hall–Kier alpha value is -1.68. The Morgan fingerprint density at radius 2 is 2.20 bits per heavy atom. The van der Waals surface area contributed by atoms with Crippen LogP contribution in [0, 0.1) is 0 Å². The quantitative estimate of drug-likeness (QED) is 0.768. The van der Waals surface area contributed by atoms with Gasteiger partial charge in [-0.15, -0.1) is 12.4 Å². The molecule has 1 aromatic rings. The Morgan fingerprint density at radius 3 is 2.73 bits per heavy atom. The third kappa shape index (κ3) is 3.91. The maximum absolute atomic E-state index is 10.4. The zero-order chi connectivity index (χ0) is 10.6. The summed E-state index contributed by atoms with van der Waals surface area (Å²) in [5, 5.41) is 9.27. The van der Waals surface area contributed by atoms with Gasteiger partial charge in [-0.1, -0.05) is 6.07 Å². The topological polar surface area (TPSA) is 72.5 Å².